The maximum Gasteiger partial charge on any atom is 0.224 e. The van der Waals surface area contributed by atoms with E-state index in [1.807, 2.05) is 30.9 Å². The van der Waals surface area contributed by atoms with Gasteiger partial charge in [-0.2, -0.15) is 0 Å². The molecular weight excluding hydrogens is 268 g/mol. The first-order chi connectivity index (χ1) is 9.78. The van der Waals surface area contributed by atoms with Crippen LogP contribution in [0.15, 0.2) is 29.2 Å². The maximum atomic E-state index is 11.7. The summed E-state index contributed by atoms with van der Waals surface area (Å²) in [7, 11) is 1.90. The van der Waals surface area contributed by atoms with Gasteiger partial charge < -0.3 is 10.6 Å². The smallest absolute Gasteiger partial charge is 0.224 e. The van der Waals surface area contributed by atoms with Gasteiger partial charge in [-0.3, -0.25) is 4.79 Å². The van der Waals surface area contributed by atoms with E-state index in [9.17, 15) is 4.79 Å². The highest BCUT2D eigenvalue weighted by atomic mass is 32.2. The number of rotatable bonds is 7. The maximum absolute atomic E-state index is 11.7. The molecule has 3 nitrogen and oxygen atoms in total. The first kappa shape index (κ1) is 15.4. The highest BCUT2D eigenvalue weighted by Gasteiger charge is 2.15. The summed E-state index contributed by atoms with van der Waals surface area (Å²) in [6.07, 6.45) is 6.87. The lowest BCUT2D eigenvalue weighted by atomic mass is 10.2. The van der Waals surface area contributed by atoms with Gasteiger partial charge in [-0.25, -0.2) is 0 Å². The van der Waals surface area contributed by atoms with Gasteiger partial charge in [-0.05, 0) is 57.1 Å². The van der Waals surface area contributed by atoms with Crippen LogP contribution in [0.2, 0.25) is 0 Å². The summed E-state index contributed by atoms with van der Waals surface area (Å²) >= 11 is 1.97. The van der Waals surface area contributed by atoms with Crippen LogP contribution in [0.3, 0.4) is 0 Å². The number of benzene rings is 1. The van der Waals surface area contributed by atoms with Gasteiger partial charge in [0.25, 0.3) is 0 Å². The number of thioether (sulfide) groups is 1. The van der Waals surface area contributed by atoms with Crippen molar-refractivity contribution in [1.82, 2.24) is 5.32 Å². The highest BCUT2D eigenvalue weighted by molar-refractivity contribution is 8.00. The van der Waals surface area contributed by atoms with E-state index in [1.165, 1.54) is 30.6 Å². The Morgan fingerprint density at radius 1 is 1.25 bits per heavy atom. The third kappa shape index (κ3) is 5.17. The zero-order valence-electron chi connectivity index (χ0n) is 12.2. The zero-order valence-corrected chi connectivity index (χ0v) is 13.0. The van der Waals surface area contributed by atoms with E-state index < -0.39 is 0 Å². The van der Waals surface area contributed by atoms with Crippen molar-refractivity contribution in [1.29, 1.82) is 0 Å². The largest absolute Gasteiger partial charge is 0.326 e. The van der Waals surface area contributed by atoms with Crippen LogP contribution in [0.5, 0.6) is 0 Å². The lowest BCUT2D eigenvalue weighted by Crippen LogP contribution is -2.15. The van der Waals surface area contributed by atoms with E-state index >= 15 is 0 Å². The van der Waals surface area contributed by atoms with Gasteiger partial charge in [0, 0.05) is 22.3 Å². The van der Waals surface area contributed by atoms with Gasteiger partial charge in [0.1, 0.15) is 0 Å². The van der Waals surface area contributed by atoms with Crippen LogP contribution >= 0.6 is 11.8 Å². The molecule has 1 aromatic carbocycles. The fourth-order valence-electron chi connectivity index (χ4n) is 2.46. The number of nitrogens with one attached hydrogen (secondary N) is 2. The van der Waals surface area contributed by atoms with Crippen LogP contribution in [-0.4, -0.2) is 24.7 Å². The van der Waals surface area contributed by atoms with Crippen molar-refractivity contribution in [2.24, 2.45) is 0 Å². The second kappa shape index (κ2) is 8.32. The molecule has 1 fully saturated rings. The fourth-order valence-corrected chi connectivity index (χ4v) is 3.71. The van der Waals surface area contributed by atoms with Gasteiger partial charge in [0.15, 0.2) is 0 Å². The highest BCUT2D eigenvalue weighted by Crippen LogP contribution is 2.34. The Morgan fingerprint density at radius 3 is 2.60 bits per heavy atom. The number of carbonyl (C=O) groups excluding carboxylic acids is 1. The summed E-state index contributed by atoms with van der Waals surface area (Å²) in [6, 6.07) is 8.25. The van der Waals surface area contributed by atoms with Crippen LogP contribution in [0, 0.1) is 0 Å². The van der Waals surface area contributed by atoms with Gasteiger partial charge in [0.2, 0.25) is 5.91 Å². The van der Waals surface area contributed by atoms with Crippen molar-refractivity contribution in [3.63, 3.8) is 0 Å². The van der Waals surface area contributed by atoms with E-state index in [0.29, 0.717) is 6.42 Å². The Balaban J connectivity index is 1.77. The summed E-state index contributed by atoms with van der Waals surface area (Å²) in [5.41, 5.74) is 0.898. The Kier molecular flexibility index (Phi) is 6.40. The number of anilines is 1. The summed E-state index contributed by atoms with van der Waals surface area (Å²) < 4.78 is 0. The molecule has 0 unspecified atom stereocenters. The topological polar surface area (TPSA) is 41.1 Å². The van der Waals surface area contributed by atoms with Gasteiger partial charge in [0.05, 0.1) is 0 Å². The molecule has 0 saturated heterocycles. The SMILES string of the molecule is CNCCCC(=O)Nc1ccc(SC2CCCC2)cc1. The van der Waals surface area contributed by atoms with Crippen molar-refractivity contribution in [3.05, 3.63) is 24.3 Å². The van der Waals surface area contributed by atoms with E-state index in [0.717, 1.165) is 23.9 Å². The standard InChI is InChI=1S/C16H24N2OS/c1-17-12-4-7-16(19)18-13-8-10-15(11-9-13)20-14-5-2-3-6-14/h8-11,14,17H,2-7,12H2,1H3,(H,18,19). The molecule has 2 N–H and O–H groups in total. The molecule has 0 radical (unpaired) electrons. The number of hydrogen-bond acceptors (Lipinski definition) is 3. The van der Waals surface area contributed by atoms with Crippen LogP contribution < -0.4 is 10.6 Å². The van der Waals surface area contributed by atoms with E-state index in [2.05, 4.69) is 22.8 Å². The minimum absolute atomic E-state index is 0.0939. The third-order valence-corrected chi connectivity index (χ3v) is 4.92. The molecule has 1 aromatic rings. The summed E-state index contributed by atoms with van der Waals surface area (Å²) in [6.45, 7) is 0.879. The van der Waals surface area contributed by atoms with Crippen LogP contribution in [0.25, 0.3) is 0 Å². The molecule has 0 heterocycles. The molecule has 0 aromatic heterocycles. The van der Waals surface area contributed by atoms with Gasteiger partial charge in [-0.15, -0.1) is 11.8 Å². The van der Waals surface area contributed by atoms with Crippen molar-refractivity contribution >= 4 is 23.4 Å². The second-order valence-corrected chi connectivity index (χ2v) is 6.68. The van der Waals surface area contributed by atoms with Gasteiger partial charge in [-0.1, -0.05) is 12.8 Å². The average Bonchev–Trinajstić information content (AvgIpc) is 2.94. The molecule has 1 aliphatic carbocycles. The Labute approximate surface area is 125 Å². The zero-order chi connectivity index (χ0) is 14.2. The molecule has 0 aliphatic heterocycles. The minimum Gasteiger partial charge on any atom is -0.326 e. The summed E-state index contributed by atoms with van der Waals surface area (Å²) in [4.78, 5) is 13.0. The minimum atomic E-state index is 0.0939. The quantitative estimate of drug-likeness (QED) is 0.754. The molecule has 110 valence electrons. The molecule has 1 saturated carbocycles. The third-order valence-electron chi connectivity index (χ3n) is 3.57. The van der Waals surface area contributed by atoms with Crippen LogP contribution in [0.1, 0.15) is 38.5 Å². The Hall–Kier alpha value is -1.00. The molecule has 0 spiro atoms. The predicted octanol–water partition coefficient (Wildman–Crippen LogP) is 3.66. The molecule has 20 heavy (non-hydrogen) atoms. The molecule has 1 amide bonds. The molecule has 1 aliphatic rings. The predicted molar refractivity (Wildman–Crippen MR) is 86.3 cm³/mol. The van der Waals surface area contributed by atoms with E-state index in [4.69, 9.17) is 0 Å². The van der Waals surface area contributed by atoms with Crippen molar-refractivity contribution < 1.29 is 4.79 Å². The average molecular weight is 292 g/mol. The summed E-state index contributed by atoms with van der Waals surface area (Å²) in [5, 5.41) is 6.78. The second-order valence-electron chi connectivity index (χ2n) is 5.30. The molecule has 4 heteroatoms. The first-order valence-electron chi connectivity index (χ1n) is 7.49. The number of hydrogen-bond donors (Lipinski definition) is 2. The normalized spacial score (nSPS) is 15.4. The van der Waals surface area contributed by atoms with Crippen molar-refractivity contribution in [2.45, 2.75) is 48.7 Å². The monoisotopic (exact) mass is 292 g/mol. The van der Waals surface area contributed by atoms with E-state index in [-0.39, 0.29) is 5.91 Å². The first-order valence-corrected chi connectivity index (χ1v) is 8.37. The summed E-state index contributed by atoms with van der Waals surface area (Å²) in [5.74, 6) is 0.0939. The molecule has 0 atom stereocenters. The van der Waals surface area contributed by atoms with Crippen molar-refractivity contribution in [3.8, 4) is 0 Å². The van der Waals surface area contributed by atoms with E-state index in [1.54, 1.807) is 0 Å². The fraction of sp³-hybridized carbons (Fsp3) is 0.562. The van der Waals surface area contributed by atoms with Crippen LogP contribution in [-0.2, 0) is 4.79 Å². The van der Waals surface area contributed by atoms with Crippen LogP contribution in [0.4, 0.5) is 5.69 Å². The van der Waals surface area contributed by atoms with Crippen molar-refractivity contribution in [2.75, 3.05) is 18.9 Å². The van der Waals surface area contributed by atoms with Gasteiger partial charge >= 0.3 is 0 Å². The number of amides is 1. The lowest BCUT2D eigenvalue weighted by molar-refractivity contribution is -0.116. The Bertz CT molecular complexity index is 413. The molecule has 2 rings (SSSR count). The number of carbonyl (C=O) groups is 1. The molecule has 0 bridgehead atoms. The molecular formula is C16H24N2OS. The Morgan fingerprint density at radius 2 is 1.95 bits per heavy atom. The lowest BCUT2D eigenvalue weighted by Gasteiger charge is -2.10.